The topological polar surface area (TPSA) is 35.5 Å². The van der Waals surface area contributed by atoms with Crippen molar-refractivity contribution in [2.75, 3.05) is 19.6 Å². The number of benzene rings is 1. The average Bonchev–Trinajstić information content (AvgIpc) is 3.29. The molecule has 0 amide bonds. The van der Waals surface area contributed by atoms with E-state index in [4.69, 9.17) is 0 Å². The molecular formula is C17H26N2O. The third-order valence-corrected chi connectivity index (χ3v) is 4.68. The molecule has 0 saturated heterocycles. The molecule has 1 aromatic rings. The molecule has 3 heteroatoms. The summed E-state index contributed by atoms with van der Waals surface area (Å²) in [6, 6.07) is 9.22. The molecule has 1 aromatic carbocycles. The lowest BCUT2D eigenvalue weighted by molar-refractivity contribution is 0.102. The van der Waals surface area contributed by atoms with Gasteiger partial charge in [0.25, 0.3) is 0 Å². The zero-order chi connectivity index (χ0) is 13.9. The molecule has 2 N–H and O–H groups in total. The number of fused-ring (bicyclic) bond motifs is 1. The summed E-state index contributed by atoms with van der Waals surface area (Å²) < 4.78 is 0. The molecule has 1 heterocycles. The van der Waals surface area contributed by atoms with E-state index in [1.807, 2.05) is 0 Å². The Morgan fingerprint density at radius 2 is 2.05 bits per heavy atom. The second-order valence-electron chi connectivity index (χ2n) is 6.44. The molecule has 2 atom stereocenters. The monoisotopic (exact) mass is 274 g/mol. The first-order valence-electron chi connectivity index (χ1n) is 7.93. The summed E-state index contributed by atoms with van der Waals surface area (Å²) in [6.07, 6.45) is 3.55. The fourth-order valence-corrected chi connectivity index (χ4v) is 3.16. The van der Waals surface area contributed by atoms with Crippen LogP contribution in [0.1, 0.15) is 30.9 Å². The fraction of sp³-hybridized carbons (Fsp3) is 0.647. The Balaban J connectivity index is 1.44. The number of hydrogen-bond donors (Lipinski definition) is 2. The Hall–Kier alpha value is -0.900. The standard InChI is InChI=1S/C17H26N2O/c1-13(14-6-7-14)18-10-17(20)12-19-9-8-15-4-2-3-5-16(15)11-19/h2-5,13-14,17-18,20H,6-12H2,1H3. The Kier molecular flexibility index (Phi) is 4.39. The molecule has 0 aromatic heterocycles. The lowest BCUT2D eigenvalue weighted by atomic mass is 10.00. The third-order valence-electron chi connectivity index (χ3n) is 4.68. The number of hydrogen-bond acceptors (Lipinski definition) is 3. The van der Waals surface area contributed by atoms with Crippen molar-refractivity contribution in [2.45, 2.75) is 44.9 Å². The minimum absolute atomic E-state index is 0.263. The van der Waals surface area contributed by atoms with Crippen LogP contribution in [0.5, 0.6) is 0 Å². The van der Waals surface area contributed by atoms with Gasteiger partial charge < -0.3 is 10.4 Å². The maximum atomic E-state index is 10.2. The second-order valence-corrected chi connectivity index (χ2v) is 6.44. The van der Waals surface area contributed by atoms with Gasteiger partial charge in [-0.3, -0.25) is 4.90 Å². The van der Waals surface area contributed by atoms with Crippen LogP contribution in [0.15, 0.2) is 24.3 Å². The summed E-state index contributed by atoms with van der Waals surface area (Å²) in [5, 5.41) is 13.7. The SMILES string of the molecule is CC(NCC(O)CN1CCc2ccccc2C1)C1CC1. The van der Waals surface area contributed by atoms with E-state index in [2.05, 4.69) is 41.4 Å². The molecule has 1 saturated carbocycles. The summed E-state index contributed by atoms with van der Waals surface area (Å²) in [7, 11) is 0. The minimum Gasteiger partial charge on any atom is -0.390 e. The highest BCUT2D eigenvalue weighted by Gasteiger charge is 2.28. The molecule has 0 spiro atoms. The van der Waals surface area contributed by atoms with Gasteiger partial charge in [-0.1, -0.05) is 24.3 Å². The molecule has 110 valence electrons. The van der Waals surface area contributed by atoms with Crippen molar-refractivity contribution in [3.8, 4) is 0 Å². The molecule has 20 heavy (non-hydrogen) atoms. The first-order chi connectivity index (χ1) is 9.72. The normalized spacial score (nSPS) is 22.3. The lowest BCUT2D eigenvalue weighted by Gasteiger charge is -2.30. The number of nitrogens with zero attached hydrogens (tertiary/aromatic N) is 1. The third kappa shape index (κ3) is 3.60. The van der Waals surface area contributed by atoms with Crippen molar-refractivity contribution in [1.29, 1.82) is 0 Å². The Morgan fingerprint density at radius 1 is 1.30 bits per heavy atom. The molecule has 2 aliphatic rings. The number of β-amino-alcohol motifs (C(OH)–C–C–N with tert-alkyl or cyclic N) is 1. The molecule has 1 aliphatic heterocycles. The molecule has 3 rings (SSSR count). The highest BCUT2D eigenvalue weighted by Crippen LogP contribution is 2.32. The van der Waals surface area contributed by atoms with Gasteiger partial charge >= 0.3 is 0 Å². The quantitative estimate of drug-likeness (QED) is 0.830. The lowest BCUT2D eigenvalue weighted by Crippen LogP contribution is -2.42. The number of aliphatic hydroxyl groups excluding tert-OH is 1. The van der Waals surface area contributed by atoms with Crippen molar-refractivity contribution in [3.63, 3.8) is 0 Å². The van der Waals surface area contributed by atoms with Gasteiger partial charge in [-0.25, -0.2) is 0 Å². The molecule has 3 nitrogen and oxygen atoms in total. The van der Waals surface area contributed by atoms with E-state index >= 15 is 0 Å². The van der Waals surface area contributed by atoms with Crippen molar-refractivity contribution >= 4 is 0 Å². The summed E-state index contributed by atoms with van der Waals surface area (Å²) in [4.78, 5) is 2.37. The maximum absolute atomic E-state index is 10.2. The number of nitrogens with one attached hydrogen (secondary N) is 1. The number of rotatable bonds is 6. The first-order valence-corrected chi connectivity index (χ1v) is 7.93. The highest BCUT2D eigenvalue weighted by molar-refractivity contribution is 5.29. The van der Waals surface area contributed by atoms with Gasteiger partial charge in [0.15, 0.2) is 0 Å². The smallest absolute Gasteiger partial charge is 0.0791 e. The van der Waals surface area contributed by atoms with Crippen LogP contribution in [0.2, 0.25) is 0 Å². The molecule has 0 radical (unpaired) electrons. The summed E-state index contributed by atoms with van der Waals surface area (Å²) in [6.45, 7) is 5.77. The van der Waals surface area contributed by atoms with Crippen molar-refractivity contribution in [2.24, 2.45) is 5.92 Å². The van der Waals surface area contributed by atoms with Gasteiger partial charge in [-0.05, 0) is 43.2 Å². The Bertz CT molecular complexity index is 444. The average molecular weight is 274 g/mol. The Morgan fingerprint density at radius 3 is 2.80 bits per heavy atom. The van der Waals surface area contributed by atoms with Gasteiger partial charge in [0.2, 0.25) is 0 Å². The predicted octanol–water partition coefficient (Wildman–Crippen LogP) is 1.79. The summed E-state index contributed by atoms with van der Waals surface area (Å²) in [5.74, 6) is 0.851. The van der Waals surface area contributed by atoms with Gasteiger partial charge in [-0.2, -0.15) is 0 Å². The van der Waals surface area contributed by atoms with E-state index in [0.29, 0.717) is 6.04 Å². The zero-order valence-electron chi connectivity index (χ0n) is 12.4. The van der Waals surface area contributed by atoms with Crippen LogP contribution in [0.3, 0.4) is 0 Å². The van der Waals surface area contributed by atoms with Crippen LogP contribution in [0.25, 0.3) is 0 Å². The summed E-state index contributed by atoms with van der Waals surface area (Å²) in [5.41, 5.74) is 2.89. The van der Waals surface area contributed by atoms with E-state index in [9.17, 15) is 5.11 Å². The fourth-order valence-electron chi connectivity index (χ4n) is 3.16. The van der Waals surface area contributed by atoms with Crippen molar-refractivity contribution < 1.29 is 5.11 Å². The van der Waals surface area contributed by atoms with Crippen molar-refractivity contribution in [1.82, 2.24) is 10.2 Å². The van der Waals surface area contributed by atoms with Gasteiger partial charge in [0.05, 0.1) is 6.10 Å². The van der Waals surface area contributed by atoms with Crippen LogP contribution >= 0.6 is 0 Å². The van der Waals surface area contributed by atoms with E-state index in [1.54, 1.807) is 0 Å². The van der Waals surface area contributed by atoms with Crippen LogP contribution in [0, 0.1) is 5.92 Å². The van der Waals surface area contributed by atoms with E-state index < -0.39 is 0 Å². The van der Waals surface area contributed by atoms with E-state index in [-0.39, 0.29) is 6.10 Å². The van der Waals surface area contributed by atoms with Gasteiger partial charge in [-0.15, -0.1) is 0 Å². The van der Waals surface area contributed by atoms with E-state index in [1.165, 1.54) is 24.0 Å². The molecule has 1 aliphatic carbocycles. The maximum Gasteiger partial charge on any atom is 0.0791 e. The molecule has 0 bridgehead atoms. The van der Waals surface area contributed by atoms with E-state index in [0.717, 1.165) is 38.5 Å². The number of aliphatic hydroxyl groups is 1. The Labute approximate surface area is 122 Å². The van der Waals surface area contributed by atoms with Gasteiger partial charge in [0, 0.05) is 32.2 Å². The minimum atomic E-state index is -0.263. The van der Waals surface area contributed by atoms with Crippen LogP contribution < -0.4 is 5.32 Å². The molecular weight excluding hydrogens is 248 g/mol. The largest absolute Gasteiger partial charge is 0.390 e. The van der Waals surface area contributed by atoms with Gasteiger partial charge in [0.1, 0.15) is 0 Å². The second kappa shape index (κ2) is 6.25. The zero-order valence-corrected chi connectivity index (χ0v) is 12.4. The molecule has 1 fully saturated rings. The summed E-state index contributed by atoms with van der Waals surface area (Å²) >= 11 is 0. The van der Waals surface area contributed by atoms with Crippen molar-refractivity contribution in [3.05, 3.63) is 35.4 Å². The first kappa shape index (κ1) is 14.1. The van der Waals surface area contributed by atoms with Crippen LogP contribution in [0.4, 0.5) is 0 Å². The highest BCUT2D eigenvalue weighted by atomic mass is 16.3. The molecule has 2 unspecified atom stereocenters. The van der Waals surface area contributed by atoms with Crippen LogP contribution in [-0.2, 0) is 13.0 Å². The van der Waals surface area contributed by atoms with Crippen LogP contribution in [-0.4, -0.2) is 41.8 Å². The predicted molar refractivity (Wildman–Crippen MR) is 81.6 cm³/mol.